The van der Waals surface area contributed by atoms with Gasteiger partial charge in [-0.15, -0.1) is 0 Å². The Balaban J connectivity index is 0.000000146. The van der Waals surface area contributed by atoms with Crippen LogP contribution in [0.4, 0.5) is 53.1 Å². The summed E-state index contributed by atoms with van der Waals surface area (Å²) in [4.78, 5) is 41.4. The van der Waals surface area contributed by atoms with E-state index in [0.29, 0.717) is 108 Å². The molecule has 2 aliphatic rings. The van der Waals surface area contributed by atoms with Gasteiger partial charge in [-0.1, -0.05) is 17.7 Å². The van der Waals surface area contributed by atoms with Gasteiger partial charge in [0.25, 0.3) is 0 Å². The van der Waals surface area contributed by atoms with Gasteiger partial charge in [0.2, 0.25) is 0 Å². The number of hydrogen-bond donors (Lipinski definition) is 9. The molecule has 0 unspecified atom stereocenters. The lowest BCUT2D eigenvalue weighted by molar-refractivity contribution is -0.137. The first-order valence-corrected chi connectivity index (χ1v) is 47.8. The van der Waals surface area contributed by atoms with Crippen LogP contribution < -0.4 is 9.47 Å². The molecule has 36 heteroatoms. The molecule has 25 nitrogen and oxygen atoms in total. The minimum absolute atomic E-state index is 0.00242. The molecule has 0 atom stereocenters. The molecular weight excluding hydrogens is 2270 g/mol. The van der Waals surface area contributed by atoms with Crippen LogP contribution in [0.25, 0.3) is 22.1 Å². The fraction of sp³-hybridized carbons (Fsp3) is 0.115. The van der Waals surface area contributed by atoms with Gasteiger partial charge in [-0.3, -0.25) is 30.0 Å². The van der Waals surface area contributed by atoms with Crippen LogP contribution in [0.2, 0.25) is 5.02 Å². The average Bonchev–Trinajstić information content (AvgIpc) is 1.29. The van der Waals surface area contributed by atoms with Crippen LogP contribution in [0.15, 0.2) is 297 Å². The van der Waals surface area contributed by atoms with Crippen molar-refractivity contribution in [2.75, 3.05) is 13.6 Å². The maximum absolute atomic E-state index is 12.6. The predicted molar refractivity (Wildman–Crippen MR) is 570 cm³/mol. The largest absolute Gasteiger partial charge is 0.506 e. The molecule has 0 saturated heterocycles. The number of alkyl halides is 3. The van der Waals surface area contributed by atoms with Gasteiger partial charge in [0.15, 0.2) is 19.4 Å². The lowest BCUT2D eigenvalue weighted by atomic mass is 10.1. The maximum atomic E-state index is 12.6. The van der Waals surface area contributed by atoms with Gasteiger partial charge in [0, 0.05) is 99.8 Å². The molecule has 140 heavy (non-hydrogen) atoms. The summed E-state index contributed by atoms with van der Waals surface area (Å²) in [5.41, 5.74) is 20.8. The minimum atomic E-state index is -4.45. The number of rotatable bonds is 14. The number of aryl methyl sites for hydroxylation is 7. The van der Waals surface area contributed by atoms with Gasteiger partial charge in [0.05, 0.1) is 118 Å². The molecule has 3 aromatic heterocycles. The normalized spacial score (nSPS) is 12.2. The van der Waals surface area contributed by atoms with Crippen LogP contribution in [0.5, 0.6) is 51.7 Å². The number of H-pyrrole nitrogens is 2. The maximum Gasteiger partial charge on any atom is 0.416 e. The lowest BCUT2D eigenvalue weighted by Gasteiger charge is -2.17. The van der Waals surface area contributed by atoms with Crippen LogP contribution in [0, 0.1) is 59.8 Å². The molecule has 18 rings (SSSR count). The number of aromatic hydroxyl groups is 7. The topological polar surface area (TPSA) is 372 Å². The summed E-state index contributed by atoms with van der Waals surface area (Å²) in [5.74, 6) is 3.40. The third kappa shape index (κ3) is 30.3. The summed E-state index contributed by atoms with van der Waals surface area (Å²) in [6.45, 7) is 15.3. The number of halogens is 11. The van der Waals surface area contributed by atoms with Gasteiger partial charge in [0.1, 0.15) is 62.8 Å². The standard InChI is InChI=1S/2C16H14BrNO3.C15H10BrClF3NO.C15H12BrN3O.C15H11BrN2O.C14H11BrN4O.C13H11BrN2O/c2*1-10-4-11(16(19)14(17)5-10)7-18-13-2-3-15-12(6-13)8-20-9-21-15;1-8-4-9(14(22)11(16)5-8)7-21-13-3-2-10(6-12(13)17)15(18,19)20;1-9-4-10(15(20)12(16)5-9)7-17-11-2-3-13-14(6-11)19-8-18-13;1-10-6-12(15(19)14(16)7-10)9-18-13-4-2-11(8-17)3-5-13;1-8-4-9(14(20)11(15)5-8)7-16-10-2-3-12-13(6-10)18-19-17-12;1-9-6-10(13(17)11(14)7-9)8-16-12-4-2-3-5-15-12/h2*2-7,19H,8-9H2,1H3;2-7,22H,1H3;2-8,20H,1H3,(H,18,19);2-7,9,19H,1H3;2-7,20H,1H3,(H,17,18,19);2-8,17H,1H3. The number of phenolic OH excluding ortho intramolecular Hbond substituents is 7. The van der Waals surface area contributed by atoms with Crippen molar-refractivity contribution in [3.05, 3.63) is 367 Å². The van der Waals surface area contributed by atoms with E-state index in [0.717, 1.165) is 124 Å². The first-order valence-electron chi connectivity index (χ1n) is 41.9. The van der Waals surface area contributed by atoms with Crippen LogP contribution in [-0.2, 0) is 28.9 Å². The van der Waals surface area contributed by atoms with Gasteiger partial charge >= 0.3 is 6.18 Å². The quantitative estimate of drug-likeness (QED) is 0.0457. The summed E-state index contributed by atoms with van der Waals surface area (Å²) in [7, 11) is 0. The van der Waals surface area contributed by atoms with Gasteiger partial charge in [-0.2, -0.15) is 33.8 Å². The molecule has 712 valence electrons. The number of aromatic nitrogens is 6. The van der Waals surface area contributed by atoms with E-state index >= 15 is 0 Å². The van der Waals surface area contributed by atoms with Crippen molar-refractivity contribution in [3.8, 4) is 57.8 Å². The van der Waals surface area contributed by atoms with Crippen molar-refractivity contribution in [3.63, 3.8) is 0 Å². The number of ether oxygens (including phenoxy) is 4. The molecule has 0 aliphatic carbocycles. The highest BCUT2D eigenvalue weighted by atomic mass is 79.9. The fourth-order valence-electron chi connectivity index (χ4n) is 13.1. The molecule has 0 amide bonds. The number of pyridine rings is 1. The zero-order chi connectivity index (χ0) is 100. The monoisotopic (exact) mass is 2350 g/mol. The Morgan fingerprint density at radius 2 is 0.729 bits per heavy atom. The number of hydrogen-bond acceptors (Lipinski definition) is 23. The molecule has 16 aromatic rings. The smallest absolute Gasteiger partial charge is 0.416 e. The Bertz CT molecular complexity index is 7210. The zero-order valence-electron chi connectivity index (χ0n) is 75.1. The Morgan fingerprint density at radius 1 is 0.379 bits per heavy atom. The molecule has 2 aliphatic heterocycles. The number of imidazole rings is 1. The third-order valence-electron chi connectivity index (χ3n) is 19.9. The summed E-state index contributed by atoms with van der Waals surface area (Å²) >= 11 is 28.9. The van der Waals surface area contributed by atoms with Crippen molar-refractivity contribution >= 4 is 229 Å². The highest BCUT2D eigenvalue weighted by Gasteiger charge is 2.31. The molecule has 0 bridgehead atoms. The lowest BCUT2D eigenvalue weighted by Crippen LogP contribution is -2.10. The molecular formula is C104H83Br7ClF3N14O11. The van der Waals surface area contributed by atoms with E-state index in [9.17, 15) is 48.9 Å². The number of phenols is 7. The number of fused-ring (bicyclic) bond motifs is 4. The summed E-state index contributed by atoms with van der Waals surface area (Å²) in [6.07, 6.45) is 10.0. The first kappa shape index (κ1) is 106. The van der Waals surface area contributed by atoms with E-state index in [4.69, 9.17) is 35.8 Å². The third-order valence-corrected chi connectivity index (χ3v) is 24.5. The van der Waals surface area contributed by atoms with Gasteiger partial charge in [-0.05, 0) is 411 Å². The fourth-order valence-corrected chi connectivity index (χ4v) is 17.4. The number of benzene rings is 13. The van der Waals surface area contributed by atoms with E-state index in [1.165, 1.54) is 12.3 Å². The van der Waals surface area contributed by atoms with Crippen LogP contribution in [0.3, 0.4) is 0 Å². The highest BCUT2D eigenvalue weighted by molar-refractivity contribution is 9.11. The summed E-state index contributed by atoms with van der Waals surface area (Å²) in [6, 6.07) is 65.8. The van der Waals surface area contributed by atoms with Crippen molar-refractivity contribution < 1.29 is 67.9 Å². The van der Waals surface area contributed by atoms with Crippen molar-refractivity contribution in [2.24, 2.45) is 34.9 Å². The second-order valence-electron chi connectivity index (χ2n) is 31.0. The highest BCUT2D eigenvalue weighted by Crippen LogP contribution is 2.40. The number of nitrogens with zero attached hydrogens (tertiary/aromatic N) is 12. The van der Waals surface area contributed by atoms with E-state index in [-0.39, 0.29) is 51.0 Å². The van der Waals surface area contributed by atoms with Crippen LogP contribution >= 0.6 is 123 Å². The average molecular weight is 2360 g/mol. The molecule has 9 N–H and O–H groups in total. The molecule has 13 aromatic carbocycles. The summed E-state index contributed by atoms with van der Waals surface area (Å²) < 4.78 is 63.4. The Kier molecular flexibility index (Phi) is 37.6. The van der Waals surface area contributed by atoms with Gasteiger partial charge < -0.3 is 59.7 Å². The molecule has 0 spiro atoms. The number of nitriles is 1. The molecule has 5 heterocycles. The van der Waals surface area contributed by atoms with Crippen molar-refractivity contribution in [1.82, 2.24) is 30.4 Å². The van der Waals surface area contributed by atoms with Crippen molar-refractivity contribution in [1.29, 1.82) is 5.26 Å². The molecule has 0 saturated carbocycles. The van der Waals surface area contributed by atoms with E-state index in [1.807, 2.05) is 206 Å². The second kappa shape index (κ2) is 50.0. The first-order chi connectivity index (χ1) is 67.0. The minimum Gasteiger partial charge on any atom is -0.506 e. The molecule has 0 fully saturated rings. The Labute approximate surface area is 866 Å². The van der Waals surface area contributed by atoms with Crippen LogP contribution in [0.1, 0.15) is 100 Å². The van der Waals surface area contributed by atoms with E-state index in [2.05, 4.69) is 183 Å². The predicted octanol–water partition coefficient (Wildman–Crippen LogP) is 29.3. The number of aromatic amines is 2. The second-order valence-corrected chi connectivity index (χ2v) is 37.4. The number of nitrogens with one attached hydrogen (secondary N) is 2. The Morgan fingerprint density at radius 3 is 1.11 bits per heavy atom. The van der Waals surface area contributed by atoms with Gasteiger partial charge in [-0.25, -0.2) is 15.0 Å². The van der Waals surface area contributed by atoms with Crippen molar-refractivity contribution in [2.45, 2.75) is 67.9 Å². The SMILES string of the molecule is Cc1cc(Br)c(O)c(C=Nc2ccc(C#N)cc2)c1.Cc1cc(Br)c(O)c(C=Nc2ccc(C(F)(F)F)cc2Cl)c1.Cc1cc(Br)c(O)c(C=Nc2ccc3c(c2)COCO3)c1.Cc1cc(Br)c(O)c(C=Nc2ccc3c(c2)COCO3)c1.Cc1cc(Br)c(O)c(C=Nc2ccc3n[nH]nc3c2)c1.Cc1cc(Br)c(O)c(C=Nc2ccc3nc[nH]c3c2)c1.Cc1cc(Br)c(O)c(C=Nc2ccccn2)c1. The van der Waals surface area contributed by atoms with E-state index < -0.39 is 11.7 Å². The summed E-state index contributed by atoms with van der Waals surface area (Å²) in [5, 5.41) is 88.8. The zero-order valence-corrected chi connectivity index (χ0v) is 87.0. The molecule has 0 radical (unpaired) electrons. The van der Waals surface area contributed by atoms with E-state index in [1.54, 1.807) is 92.3 Å². The Hall–Kier alpha value is -13.4. The number of aliphatic imine (C=N–C) groups is 7. The van der Waals surface area contributed by atoms with Crippen LogP contribution in [-0.4, -0.2) is 123 Å².